The van der Waals surface area contributed by atoms with Crippen LogP contribution < -0.4 is 0 Å². The van der Waals surface area contributed by atoms with Gasteiger partial charge in [0, 0.05) is 12.1 Å². The molecule has 1 saturated heterocycles. The molecule has 1 heterocycles. The summed E-state index contributed by atoms with van der Waals surface area (Å²) in [5.74, 6) is -0.724. The first kappa shape index (κ1) is 13.6. The van der Waals surface area contributed by atoms with Crippen molar-refractivity contribution in [3.05, 3.63) is 35.9 Å². The summed E-state index contributed by atoms with van der Waals surface area (Å²) in [6, 6.07) is 12.0. The maximum atomic E-state index is 12.7. The summed E-state index contributed by atoms with van der Waals surface area (Å²) >= 11 is 0. The van der Waals surface area contributed by atoms with Gasteiger partial charge >= 0.3 is 0 Å². The standard InChI is InChI=1S/C16H20N2O/c1-12-7-6-8-13(2)18(12)16(19)15(11-17)14-9-4-3-5-10-14/h3-5,9-10,12-13,15H,6-8H2,1-2H3. The Bertz CT molecular complexity index is 467. The van der Waals surface area contributed by atoms with Crippen molar-refractivity contribution in [1.29, 1.82) is 5.26 Å². The first-order chi connectivity index (χ1) is 9.15. The minimum absolute atomic E-state index is 0.0478. The molecule has 2 rings (SSSR count). The van der Waals surface area contributed by atoms with E-state index < -0.39 is 5.92 Å². The number of benzene rings is 1. The van der Waals surface area contributed by atoms with Gasteiger partial charge in [-0.05, 0) is 38.7 Å². The highest BCUT2D eigenvalue weighted by Gasteiger charge is 2.34. The van der Waals surface area contributed by atoms with Crippen LogP contribution in [0.25, 0.3) is 0 Å². The summed E-state index contributed by atoms with van der Waals surface area (Å²) < 4.78 is 0. The normalized spacial score (nSPS) is 24.6. The van der Waals surface area contributed by atoms with E-state index in [0.717, 1.165) is 24.8 Å². The molecule has 0 N–H and O–H groups in total. The quantitative estimate of drug-likeness (QED) is 0.816. The molecule has 1 aromatic carbocycles. The van der Waals surface area contributed by atoms with Crippen LogP contribution in [-0.4, -0.2) is 22.9 Å². The molecule has 1 aliphatic rings. The smallest absolute Gasteiger partial charge is 0.244 e. The Morgan fingerprint density at radius 1 is 1.26 bits per heavy atom. The Kier molecular flexibility index (Phi) is 4.21. The van der Waals surface area contributed by atoms with Crippen LogP contribution in [0.2, 0.25) is 0 Å². The molecule has 3 atom stereocenters. The van der Waals surface area contributed by atoms with Gasteiger partial charge in [-0.3, -0.25) is 4.79 Å². The Morgan fingerprint density at radius 3 is 2.37 bits per heavy atom. The van der Waals surface area contributed by atoms with Gasteiger partial charge in [-0.1, -0.05) is 30.3 Å². The lowest BCUT2D eigenvalue weighted by molar-refractivity contribution is -0.137. The van der Waals surface area contributed by atoms with Crippen molar-refractivity contribution in [3.8, 4) is 6.07 Å². The van der Waals surface area contributed by atoms with Crippen molar-refractivity contribution in [2.75, 3.05) is 0 Å². The van der Waals surface area contributed by atoms with Gasteiger partial charge in [0.2, 0.25) is 5.91 Å². The van der Waals surface area contributed by atoms with E-state index in [4.69, 9.17) is 0 Å². The zero-order chi connectivity index (χ0) is 13.8. The Morgan fingerprint density at radius 2 is 1.84 bits per heavy atom. The number of nitrogens with zero attached hydrogens (tertiary/aromatic N) is 2. The number of carbonyl (C=O) groups excluding carboxylic acids is 1. The Hall–Kier alpha value is -1.82. The van der Waals surface area contributed by atoms with Crippen LogP contribution in [0.3, 0.4) is 0 Å². The number of piperidine rings is 1. The van der Waals surface area contributed by atoms with E-state index in [9.17, 15) is 10.1 Å². The highest BCUT2D eigenvalue weighted by atomic mass is 16.2. The number of nitriles is 1. The molecule has 1 amide bonds. The zero-order valence-electron chi connectivity index (χ0n) is 11.5. The molecule has 1 aromatic rings. The van der Waals surface area contributed by atoms with Crippen molar-refractivity contribution in [1.82, 2.24) is 4.90 Å². The van der Waals surface area contributed by atoms with Crippen LogP contribution in [0.1, 0.15) is 44.6 Å². The average Bonchev–Trinajstić information content (AvgIpc) is 2.40. The van der Waals surface area contributed by atoms with E-state index in [1.165, 1.54) is 0 Å². The number of hydrogen-bond donors (Lipinski definition) is 0. The first-order valence-electron chi connectivity index (χ1n) is 6.92. The summed E-state index contributed by atoms with van der Waals surface area (Å²) in [6.07, 6.45) is 3.22. The third kappa shape index (κ3) is 2.78. The fraction of sp³-hybridized carbons (Fsp3) is 0.500. The third-order valence-corrected chi connectivity index (χ3v) is 3.96. The predicted molar refractivity (Wildman–Crippen MR) is 74.4 cm³/mol. The first-order valence-corrected chi connectivity index (χ1v) is 6.92. The summed E-state index contributed by atoms with van der Waals surface area (Å²) in [4.78, 5) is 14.6. The monoisotopic (exact) mass is 256 g/mol. The second kappa shape index (κ2) is 5.88. The molecule has 19 heavy (non-hydrogen) atoms. The zero-order valence-corrected chi connectivity index (χ0v) is 11.5. The van der Waals surface area contributed by atoms with Crippen LogP contribution in [0.15, 0.2) is 30.3 Å². The van der Waals surface area contributed by atoms with Crippen molar-refractivity contribution in [2.24, 2.45) is 0 Å². The summed E-state index contributed by atoms with van der Waals surface area (Å²) in [5, 5.41) is 9.36. The molecular formula is C16H20N2O. The molecule has 0 radical (unpaired) electrons. The molecule has 0 saturated carbocycles. The van der Waals surface area contributed by atoms with E-state index in [2.05, 4.69) is 19.9 Å². The molecule has 0 aromatic heterocycles. The number of hydrogen-bond acceptors (Lipinski definition) is 2. The van der Waals surface area contributed by atoms with Crippen LogP contribution in [0.4, 0.5) is 0 Å². The highest BCUT2D eigenvalue weighted by Crippen LogP contribution is 2.27. The molecule has 3 unspecified atom stereocenters. The fourth-order valence-corrected chi connectivity index (χ4v) is 2.92. The molecule has 3 nitrogen and oxygen atoms in total. The SMILES string of the molecule is CC1CCCC(C)N1C(=O)C(C#N)c1ccccc1. The van der Waals surface area contributed by atoms with Gasteiger partial charge in [0.15, 0.2) is 0 Å². The van der Waals surface area contributed by atoms with E-state index in [1.54, 1.807) is 0 Å². The van der Waals surface area contributed by atoms with Gasteiger partial charge in [0.25, 0.3) is 0 Å². The van der Waals surface area contributed by atoms with E-state index in [0.29, 0.717) is 0 Å². The van der Waals surface area contributed by atoms with Crippen LogP contribution >= 0.6 is 0 Å². The minimum atomic E-state index is -0.677. The second-order valence-corrected chi connectivity index (χ2v) is 5.35. The molecule has 0 spiro atoms. The minimum Gasteiger partial charge on any atom is -0.336 e. The lowest BCUT2D eigenvalue weighted by Gasteiger charge is -2.40. The maximum absolute atomic E-state index is 12.7. The van der Waals surface area contributed by atoms with Crippen LogP contribution in [0, 0.1) is 11.3 Å². The number of carbonyl (C=O) groups is 1. The summed E-state index contributed by atoms with van der Waals surface area (Å²) in [5.41, 5.74) is 0.792. The van der Waals surface area contributed by atoms with Crippen molar-refractivity contribution < 1.29 is 4.79 Å². The maximum Gasteiger partial charge on any atom is 0.244 e. The Labute approximate surface area is 114 Å². The fourth-order valence-electron chi connectivity index (χ4n) is 2.92. The lowest BCUT2D eigenvalue weighted by Crippen LogP contribution is -2.49. The molecule has 3 heteroatoms. The molecule has 100 valence electrons. The third-order valence-electron chi connectivity index (χ3n) is 3.96. The number of amides is 1. The number of likely N-dealkylation sites (tertiary alicyclic amines) is 1. The molecular weight excluding hydrogens is 236 g/mol. The van der Waals surface area contributed by atoms with Crippen molar-refractivity contribution >= 4 is 5.91 Å². The average molecular weight is 256 g/mol. The molecule has 1 aliphatic heterocycles. The van der Waals surface area contributed by atoms with Gasteiger partial charge in [0.05, 0.1) is 6.07 Å². The van der Waals surface area contributed by atoms with Gasteiger partial charge in [0.1, 0.15) is 5.92 Å². The second-order valence-electron chi connectivity index (χ2n) is 5.35. The molecule has 1 fully saturated rings. The van der Waals surface area contributed by atoms with Gasteiger partial charge in [-0.2, -0.15) is 5.26 Å². The summed E-state index contributed by atoms with van der Waals surface area (Å²) in [6.45, 7) is 4.15. The van der Waals surface area contributed by atoms with Crippen LogP contribution in [0.5, 0.6) is 0 Å². The van der Waals surface area contributed by atoms with Gasteiger partial charge < -0.3 is 4.90 Å². The van der Waals surface area contributed by atoms with Gasteiger partial charge in [-0.15, -0.1) is 0 Å². The summed E-state index contributed by atoms with van der Waals surface area (Å²) in [7, 11) is 0. The van der Waals surface area contributed by atoms with Crippen molar-refractivity contribution in [2.45, 2.75) is 51.1 Å². The highest BCUT2D eigenvalue weighted by molar-refractivity contribution is 5.87. The van der Waals surface area contributed by atoms with E-state index in [-0.39, 0.29) is 18.0 Å². The van der Waals surface area contributed by atoms with Crippen LogP contribution in [-0.2, 0) is 4.79 Å². The molecule has 0 aliphatic carbocycles. The number of rotatable bonds is 2. The topological polar surface area (TPSA) is 44.1 Å². The van der Waals surface area contributed by atoms with E-state index >= 15 is 0 Å². The largest absolute Gasteiger partial charge is 0.336 e. The molecule has 0 bridgehead atoms. The predicted octanol–water partition coefficient (Wildman–Crippen LogP) is 3.08. The Balaban J connectivity index is 2.24. The van der Waals surface area contributed by atoms with Crippen molar-refractivity contribution in [3.63, 3.8) is 0 Å². The lowest BCUT2D eigenvalue weighted by atomic mass is 9.92. The van der Waals surface area contributed by atoms with Gasteiger partial charge in [-0.25, -0.2) is 0 Å². The van der Waals surface area contributed by atoms with E-state index in [1.807, 2.05) is 35.2 Å².